The Bertz CT molecular complexity index is 3440. The van der Waals surface area contributed by atoms with Crippen LogP contribution in [0.25, 0.3) is 80.1 Å². The van der Waals surface area contributed by atoms with Crippen LogP contribution in [-0.4, -0.2) is 27.4 Å². The molecule has 6 aromatic heterocycles. The summed E-state index contributed by atoms with van der Waals surface area (Å²) in [6.07, 6.45) is 23.7. The number of rotatable bonds is 10. The first-order valence-electron chi connectivity index (χ1n) is 21.5. The van der Waals surface area contributed by atoms with E-state index in [0.717, 1.165) is 30.8 Å². The molecule has 0 aliphatic heterocycles. The quantitative estimate of drug-likeness (QED) is 0.137. The molecule has 0 bridgehead atoms. The smallest absolute Gasteiger partial charge is 0.118 e. The lowest BCUT2D eigenvalue weighted by Gasteiger charge is -2.28. The average molecular weight is 943 g/mol. The van der Waals surface area contributed by atoms with Crippen LogP contribution in [0.3, 0.4) is 0 Å². The first-order chi connectivity index (χ1) is 31.5. The third kappa shape index (κ3) is 7.04. The first kappa shape index (κ1) is 40.4. The second kappa shape index (κ2) is 16.7. The van der Waals surface area contributed by atoms with Gasteiger partial charge in [-0.3, -0.25) is 0 Å². The van der Waals surface area contributed by atoms with Gasteiger partial charge in [0.05, 0.1) is 39.1 Å². The molecule has 3 unspecified atom stereocenters. The van der Waals surface area contributed by atoms with Gasteiger partial charge in [-0.2, -0.15) is 0 Å². The predicted octanol–water partition coefficient (Wildman–Crippen LogP) is 17.7. The van der Waals surface area contributed by atoms with E-state index in [2.05, 4.69) is 146 Å². The zero-order valence-electron chi connectivity index (χ0n) is 35.4. The molecule has 0 saturated carbocycles. The van der Waals surface area contributed by atoms with Crippen molar-refractivity contribution < 1.29 is 14.2 Å². The Hall–Kier alpha value is -5.10. The van der Waals surface area contributed by atoms with Gasteiger partial charge in [0.1, 0.15) is 11.5 Å². The van der Waals surface area contributed by atoms with E-state index in [4.69, 9.17) is 14.2 Å². The van der Waals surface area contributed by atoms with E-state index in [0.29, 0.717) is 5.92 Å². The third-order valence-electron chi connectivity index (χ3n) is 12.8. The molecule has 0 fully saturated rings. The van der Waals surface area contributed by atoms with Crippen molar-refractivity contribution in [3.63, 3.8) is 0 Å². The molecular formula is C55H42O3S6. The molecule has 0 saturated heterocycles. The summed E-state index contributed by atoms with van der Waals surface area (Å²) in [4.78, 5) is 5.43. The molecule has 9 aromatic rings. The average Bonchev–Trinajstić information content (AvgIpc) is 4.21. The Morgan fingerprint density at radius 2 is 1.14 bits per heavy atom. The minimum Gasteiger partial charge on any atom is -0.497 e. The summed E-state index contributed by atoms with van der Waals surface area (Å²) in [5.74, 6) is 2.36. The fourth-order valence-electron chi connectivity index (χ4n) is 9.54. The van der Waals surface area contributed by atoms with Crippen LogP contribution in [0.2, 0.25) is 0 Å². The van der Waals surface area contributed by atoms with Crippen LogP contribution >= 0.6 is 68.0 Å². The fraction of sp³-hybridized carbons (Fsp3) is 0.164. The Balaban J connectivity index is 0.919. The second-order valence-corrected chi connectivity index (χ2v) is 22.8. The van der Waals surface area contributed by atoms with Crippen LogP contribution in [0, 0.1) is 5.92 Å². The molecule has 0 radical (unpaired) electrons. The largest absolute Gasteiger partial charge is 0.497 e. The van der Waals surface area contributed by atoms with Crippen molar-refractivity contribution >= 4 is 117 Å². The fourth-order valence-corrected chi connectivity index (χ4v) is 17.9. The molecule has 12 rings (SSSR count). The van der Waals surface area contributed by atoms with E-state index in [9.17, 15) is 0 Å². The van der Waals surface area contributed by atoms with Crippen molar-refractivity contribution in [2.75, 3.05) is 21.3 Å². The summed E-state index contributed by atoms with van der Waals surface area (Å²) >= 11 is 11.7. The molecule has 3 aliphatic carbocycles. The Labute approximate surface area is 396 Å². The van der Waals surface area contributed by atoms with Gasteiger partial charge >= 0.3 is 0 Å². The topological polar surface area (TPSA) is 27.7 Å². The number of methoxy groups -OCH3 is 3. The van der Waals surface area contributed by atoms with Gasteiger partial charge < -0.3 is 14.2 Å². The van der Waals surface area contributed by atoms with E-state index < -0.39 is 0 Å². The third-order valence-corrected chi connectivity index (χ3v) is 20.6. The van der Waals surface area contributed by atoms with Gasteiger partial charge in [0, 0.05) is 62.8 Å². The molecule has 3 atom stereocenters. The number of benzene rings is 3. The lowest BCUT2D eigenvalue weighted by Crippen LogP contribution is -2.15. The van der Waals surface area contributed by atoms with Gasteiger partial charge in [-0.25, -0.2) is 0 Å². The summed E-state index contributed by atoms with van der Waals surface area (Å²) in [5, 5.41) is 0. The van der Waals surface area contributed by atoms with E-state index in [-0.39, 0.29) is 12.0 Å². The lowest BCUT2D eigenvalue weighted by molar-refractivity contribution is 0.142. The monoisotopic (exact) mass is 942 g/mol. The maximum atomic E-state index is 5.68. The standard InChI is InChI=1S/C55H42O3S6/c1-56-35-21-15-32(16-22-35)39-12-7-11-38(31-9-5-4-6-10-31)50(39)44-29-48-54(63-44)52-46(59-48)27-42(61-52)43-28-47-53(62-43)55-49(60-47)30-45(64-55)51-40(33-17-23-36(57-2)24-18-33)13-8-14-41(51)34-19-25-37(58-3)26-20-34/h4-9,11-13,15-25,27-31,37,41H,10,14,26H2,1-3H3. The molecule has 0 amide bonds. The molecule has 6 heterocycles. The second-order valence-electron chi connectivity index (χ2n) is 16.4. The molecule has 0 spiro atoms. The Morgan fingerprint density at radius 1 is 0.531 bits per heavy atom. The van der Waals surface area contributed by atoms with E-state index in [1.165, 1.54) is 102 Å². The normalized spacial score (nSPS) is 18.7. The maximum Gasteiger partial charge on any atom is 0.118 e. The molecule has 0 N–H and O–H groups in total. The van der Waals surface area contributed by atoms with Gasteiger partial charge in [-0.15, -0.1) is 68.0 Å². The highest BCUT2D eigenvalue weighted by molar-refractivity contribution is 7.42. The Morgan fingerprint density at radius 3 is 1.73 bits per heavy atom. The van der Waals surface area contributed by atoms with Crippen molar-refractivity contribution in [3.05, 3.63) is 167 Å². The molecule has 3 nitrogen and oxygen atoms in total. The molecule has 316 valence electrons. The van der Waals surface area contributed by atoms with E-state index >= 15 is 0 Å². The minimum absolute atomic E-state index is 0.140. The van der Waals surface area contributed by atoms with E-state index in [1.807, 2.05) is 68.0 Å². The number of hydrogen-bond donors (Lipinski definition) is 0. The van der Waals surface area contributed by atoms with Gasteiger partial charge in [0.2, 0.25) is 0 Å². The van der Waals surface area contributed by atoms with Gasteiger partial charge in [-0.05, 0) is 107 Å². The van der Waals surface area contributed by atoms with Crippen molar-refractivity contribution in [2.45, 2.75) is 31.3 Å². The number of fused-ring (bicyclic) bond motifs is 6. The number of ether oxygens (including phenoxy) is 3. The summed E-state index contributed by atoms with van der Waals surface area (Å²) in [7, 11) is 5.26. The van der Waals surface area contributed by atoms with Crippen molar-refractivity contribution in [1.82, 2.24) is 0 Å². The number of hydrogen-bond acceptors (Lipinski definition) is 9. The summed E-state index contributed by atoms with van der Waals surface area (Å²) in [6, 6.07) is 33.8. The molecular weight excluding hydrogens is 901 g/mol. The number of thiophene rings is 6. The van der Waals surface area contributed by atoms with Crippen LogP contribution in [0.15, 0.2) is 151 Å². The molecule has 3 aliphatic rings. The highest BCUT2D eigenvalue weighted by atomic mass is 32.1. The van der Waals surface area contributed by atoms with Gasteiger partial charge in [-0.1, -0.05) is 97.1 Å². The summed E-state index contributed by atoms with van der Waals surface area (Å²) in [6.45, 7) is 0. The van der Waals surface area contributed by atoms with Crippen molar-refractivity contribution in [1.29, 1.82) is 0 Å². The van der Waals surface area contributed by atoms with Crippen LogP contribution in [-0.2, 0) is 4.74 Å². The first-order valence-corrected chi connectivity index (χ1v) is 26.4. The van der Waals surface area contributed by atoms with Crippen molar-refractivity contribution in [3.8, 4) is 42.8 Å². The van der Waals surface area contributed by atoms with Crippen LogP contribution in [0.1, 0.15) is 41.2 Å². The molecule has 9 heteroatoms. The highest BCUT2D eigenvalue weighted by Gasteiger charge is 2.29. The van der Waals surface area contributed by atoms with Crippen LogP contribution in [0.5, 0.6) is 11.5 Å². The summed E-state index contributed by atoms with van der Waals surface area (Å²) < 4.78 is 27.9. The van der Waals surface area contributed by atoms with Crippen LogP contribution < -0.4 is 9.47 Å². The van der Waals surface area contributed by atoms with Gasteiger partial charge in [0.15, 0.2) is 0 Å². The zero-order valence-corrected chi connectivity index (χ0v) is 40.3. The Kier molecular flexibility index (Phi) is 10.6. The highest BCUT2D eigenvalue weighted by Crippen LogP contribution is 2.55. The lowest BCUT2D eigenvalue weighted by atomic mass is 9.78. The van der Waals surface area contributed by atoms with Crippen molar-refractivity contribution in [2.24, 2.45) is 5.92 Å². The number of allylic oxidation sites excluding steroid dienone is 10. The maximum absolute atomic E-state index is 5.68. The van der Waals surface area contributed by atoms with Crippen LogP contribution in [0.4, 0.5) is 0 Å². The summed E-state index contributed by atoms with van der Waals surface area (Å²) in [5.41, 5.74) is 10.5. The van der Waals surface area contributed by atoms with E-state index in [1.54, 1.807) is 21.3 Å². The minimum atomic E-state index is 0.140. The SMILES string of the molecule is COc1ccc(C2=C(c3cc4sc5cc(-c6cc7sc8cc(-c9c(-c%10ccc(OC)cc%10)cccc9C9C=CC=CC9)sc8c7s6)sc5c4s3)C(C3=CCC(OC)C=C3)CC=C2)cc1. The molecule has 64 heavy (non-hydrogen) atoms. The van der Waals surface area contributed by atoms with Gasteiger partial charge in [0.25, 0.3) is 0 Å². The molecule has 3 aromatic carbocycles. The zero-order chi connectivity index (χ0) is 42.9. The predicted molar refractivity (Wildman–Crippen MR) is 282 cm³/mol.